The summed E-state index contributed by atoms with van der Waals surface area (Å²) in [6.07, 6.45) is 4.72. The molecule has 0 fully saturated rings. The lowest BCUT2D eigenvalue weighted by atomic mass is 10.2. The number of hydrogen-bond acceptors (Lipinski definition) is 3. The fourth-order valence-corrected chi connectivity index (χ4v) is 1.10. The van der Waals surface area contributed by atoms with Crippen molar-refractivity contribution in [2.75, 3.05) is 6.54 Å². The standard InChI is InChI=1S/C6H14NO2PS/c1-2-3-4-5-6-7-9-10(8)11/h7H,2-6H2,1H3/p+1. The monoisotopic (exact) mass is 196 g/mol. The smallest absolute Gasteiger partial charge is 0.150 e. The van der Waals surface area contributed by atoms with Crippen LogP contribution in [0, 0.1) is 0 Å². The molecule has 0 aliphatic rings. The van der Waals surface area contributed by atoms with Crippen LogP contribution in [-0.2, 0) is 9.19 Å². The third-order valence-electron chi connectivity index (χ3n) is 1.28. The molecular formula is C6H15NO2PS+. The van der Waals surface area contributed by atoms with Crippen LogP contribution in [-0.4, -0.2) is 6.54 Å². The van der Waals surface area contributed by atoms with Gasteiger partial charge < -0.3 is 0 Å². The van der Waals surface area contributed by atoms with Gasteiger partial charge in [0.05, 0.1) is 0 Å². The average Bonchev–Trinajstić information content (AvgIpc) is 1.96. The third-order valence-corrected chi connectivity index (χ3v) is 1.81. The highest BCUT2D eigenvalue weighted by molar-refractivity contribution is 8.39. The Kier molecular flexibility index (Phi) is 8.75. The topological polar surface area (TPSA) is 38.3 Å². The molecule has 1 N–H and O–H groups in total. The second kappa shape index (κ2) is 8.47. The molecule has 0 spiro atoms. The molecule has 0 aromatic rings. The van der Waals surface area contributed by atoms with Crippen LogP contribution in [0.3, 0.4) is 0 Å². The summed E-state index contributed by atoms with van der Waals surface area (Å²) < 4.78 is 14.8. The minimum atomic E-state index is -1.79. The van der Waals surface area contributed by atoms with E-state index in [0.29, 0.717) is 0 Å². The summed E-state index contributed by atoms with van der Waals surface area (Å²) in [7, 11) is -1.79. The lowest BCUT2D eigenvalue weighted by Gasteiger charge is -1.95. The molecule has 0 saturated heterocycles. The first kappa shape index (κ1) is 11.4. The Morgan fingerprint density at radius 1 is 1.45 bits per heavy atom. The van der Waals surface area contributed by atoms with Gasteiger partial charge in [0.25, 0.3) is 0 Å². The summed E-state index contributed by atoms with van der Waals surface area (Å²) in [5.74, 6) is 0. The summed E-state index contributed by atoms with van der Waals surface area (Å²) in [6.45, 7) is 2.91. The zero-order valence-electron chi connectivity index (χ0n) is 6.75. The highest BCUT2D eigenvalue weighted by atomic mass is 32.7. The fraction of sp³-hybridized carbons (Fsp3) is 1.00. The van der Waals surface area contributed by atoms with Crippen molar-refractivity contribution in [3.63, 3.8) is 0 Å². The van der Waals surface area contributed by atoms with E-state index >= 15 is 0 Å². The van der Waals surface area contributed by atoms with Gasteiger partial charge in [-0.2, -0.15) is 5.48 Å². The first-order valence-electron chi connectivity index (χ1n) is 3.83. The maximum absolute atomic E-state index is 10.3. The maximum Gasteiger partial charge on any atom is 0.600 e. The molecule has 66 valence electrons. The normalized spacial score (nSPS) is 11.6. The van der Waals surface area contributed by atoms with E-state index in [0.717, 1.165) is 13.0 Å². The van der Waals surface area contributed by atoms with E-state index in [9.17, 15) is 4.57 Å². The van der Waals surface area contributed by atoms with Crippen LogP contribution in [0.25, 0.3) is 0 Å². The molecule has 3 nitrogen and oxygen atoms in total. The Balaban J connectivity index is 2.85. The predicted molar refractivity (Wildman–Crippen MR) is 49.8 cm³/mol. The molecule has 0 aliphatic heterocycles. The van der Waals surface area contributed by atoms with Gasteiger partial charge in [-0.3, -0.25) is 0 Å². The van der Waals surface area contributed by atoms with Gasteiger partial charge in [0.2, 0.25) is 0 Å². The Morgan fingerprint density at radius 3 is 2.73 bits per heavy atom. The van der Waals surface area contributed by atoms with Crippen LogP contribution in [0.15, 0.2) is 0 Å². The van der Waals surface area contributed by atoms with Gasteiger partial charge in [-0.15, -0.1) is 0 Å². The van der Waals surface area contributed by atoms with E-state index < -0.39 is 7.23 Å². The van der Waals surface area contributed by atoms with Crippen molar-refractivity contribution in [2.45, 2.75) is 32.6 Å². The molecule has 1 unspecified atom stereocenters. The molecular weight excluding hydrogens is 181 g/mol. The molecule has 5 heteroatoms. The molecule has 0 bridgehead atoms. The van der Waals surface area contributed by atoms with E-state index in [4.69, 9.17) is 0 Å². The summed E-state index contributed by atoms with van der Waals surface area (Å²) in [4.78, 5) is 0. The lowest BCUT2D eigenvalue weighted by Crippen LogP contribution is -2.10. The van der Waals surface area contributed by atoms with Crippen LogP contribution in [0.1, 0.15) is 32.6 Å². The van der Waals surface area contributed by atoms with Gasteiger partial charge in [0, 0.05) is 6.54 Å². The molecule has 11 heavy (non-hydrogen) atoms. The van der Waals surface area contributed by atoms with Crippen molar-refractivity contribution in [1.29, 1.82) is 0 Å². The Bertz CT molecular complexity index is 113. The molecule has 0 aromatic carbocycles. The van der Waals surface area contributed by atoms with Crippen molar-refractivity contribution in [1.82, 2.24) is 5.48 Å². The molecule has 0 radical (unpaired) electrons. The van der Waals surface area contributed by atoms with Gasteiger partial charge in [0.1, 0.15) is 12.2 Å². The molecule has 1 atom stereocenters. The van der Waals surface area contributed by atoms with Crippen molar-refractivity contribution in [3.8, 4) is 0 Å². The summed E-state index contributed by atoms with van der Waals surface area (Å²) in [5.41, 5.74) is 2.58. The largest absolute Gasteiger partial charge is 0.600 e. The van der Waals surface area contributed by atoms with Crippen molar-refractivity contribution in [3.05, 3.63) is 0 Å². The molecule has 0 aliphatic carbocycles. The molecule has 0 aromatic heterocycles. The zero-order valence-corrected chi connectivity index (χ0v) is 8.54. The summed E-state index contributed by atoms with van der Waals surface area (Å²) >= 11 is 3.57. The van der Waals surface area contributed by atoms with Gasteiger partial charge in [0.15, 0.2) is 0 Å². The minimum absolute atomic E-state index is 0.752. The third kappa shape index (κ3) is 10.4. The van der Waals surface area contributed by atoms with E-state index in [1.54, 1.807) is 0 Å². The summed E-state index contributed by atoms with van der Waals surface area (Å²) in [6, 6.07) is 0. The van der Waals surface area contributed by atoms with E-state index in [-0.39, 0.29) is 0 Å². The lowest BCUT2D eigenvalue weighted by molar-refractivity contribution is 0.214. The number of unbranched alkanes of at least 4 members (excludes halogenated alkanes) is 3. The van der Waals surface area contributed by atoms with Crippen LogP contribution >= 0.6 is 19.5 Å². The molecule has 0 heterocycles. The maximum atomic E-state index is 10.3. The fourth-order valence-electron chi connectivity index (χ4n) is 0.725. The molecule has 0 saturated carbocycles. The minimum Gasteiger partial charge on any atom is -0.150 e. The van der Waals surface area contributed by atoms with Gasteiger partial charge in [-0.05, 0) is 15.6 Å². The van der Waals surface area contributed by atoms with E-state index in [1.165, 1.54) is 19.3 Å². The predicted octanol–water partition coefficient (Wildman–Crippen LogP) is 2.68. The van der Waals surface area contributed by atoms with Gasteiger partial charge >= 0.3 is 7.23 Å². The Morgan fingerprint density at radius 2 is 2.18 bits per heavy atom. The quantitative estimate of drug-likeness (QED) is 0.284. The summed E-state index contributed by atoms with van der Waals surface area (Å²) in [5, 5.41) is 0. The highest BCUT2D eigenvalue weighted by Crippen LogP contribution is 2.24. The number of rotatable bonds is 7. The van der Waals surface area contributed by atoms with Crippen LogP contribution in [0.5, 0.6) is 0 Å². The molecule has 0 rings (SSSR count). The van der Waals surface area contributed by atoms with E-state index in [2.05, 4.69) is 29.3 Å². The van der Waals surface area contributed by atoms with E-state index in [1.807, 2.05) is 0 Å². The number of nitrogens with one attached hydrogen (secondary N) is 1. The number of thiol groups is 1. The Labute approximate surface area is 73.9 Å². The van der Waals surface area contributed by atoms with Crippen molar-refractivity contribution < 1.29 is 9.19 Å². The second-order valence-corrected chi connectivity index (χ2v) is 3.92. The van der Waals surface area contributed by atoms with Crippen LogP contribution in [0.2, 0.25) is 0 Å². The van der Waals surface area contributed by atoms with Gasteiger partial charge in [-0.25, -0.2) is 0 Å². The van der Waals surface area contributed by atoms with Crippen LogP contribution in [0.4, 0.5) is 0 Å². The second-order valence-electron chi connectivity index (χ2n) is 2.28. The first-order chi connectivity index (χ1) is 5.27. The first-order valence-corrected chi connectivity index (χ1v) is 6.16. The van der Waals surface area contributed by atoms with Gasteiger partial charge in [-0.1, -0.05) is 26.2 Å². The SMILES string of the molecule is CCCCCCNO[P+](=O)S. The Hall–Kier alpha value is 0.370. The number of hydrogen-bond donors (Lipinski definition) is 2. The highest BCUT2D eigenvalue weighted by Gasteiger charge is 2.07. The van der Waals surface area contributed by atoms with Crippen molar-refractivity contribution >= 4 is 19.5 Å². The average molecular weight is 196 g/mol. The molecule has 0 amide bonds. The van der Waals surface area contributed by atoms with Crippen molar-refractivity contribution in [2.24, 2.45) is 0 Å². The number of hydroxylamine groups is 1. The zero-order chi connectivity index (χ0) is 8.53. The van der Waals surface area contributed by atoms with Crippen LogP contribution < -0.4 is 5.48 Å².